The molecule has 0 aliphatic rings. The minimum Gasteiger partial charge on any atom is -0.545 e. The molecule has 2 atom stereocenters. The summed E-state index contributed by atoms with van der Waals surface area (Å²) in [5.74, 6) is -2.28. The maximum absolute atomic E-state index is 12.9. The summed E-state index contributed by atoms with van der Waals surface area (Å²) in [6.07, 6.45) is 62.2. The number of carboxylic acids is 1. The van der Waals surface area contributed by atoms with Crippen molar-refractivity contribution < 1.29 is 42.9 Å². The van der Waals surface area contributed by atoms with E-state index in [0.29, 0.717) is 17.4 Å². The number of quaternary nitrogens is 1. The second-order valence-electron chi connectivity index (χ2n) is 21.6. The van der Waals surface area contributed by atoms with E-state index in [2.05, 4.69) is 50.3 Å². The zero-order valence-electron chi connectivity index (χ0n) is 47.4. The van der Waals surface area contributed by atoms with Crippen molar-refractivity contribution >= 4 is 17.9 Å². The molecule has 0 aromatic rings. The van der Waals surface area contributed by atoms with Crippen LogP contribution in [0, 0.1) is 0 Å². The van der Waals surface area contributed by atoms with Crippen LogP contribution in [0.5, 0.6) is 0 Å². The molecule has 0 radical (unpaired) electrons. The lowest BCUT2D eigenvalue weighted by atomic mass is 10.0. The Morgan fingerprint density at radius 1 is 0.423 bits per heavy atom. The van der Waals surface area contributed by atoms with Crippen molar-refractivity contribution in [2.75, 3.05) is 47.5 Å². The summed E-state index contributed by atoms with van der Waals surface area (Å²) in [6.45, 7) is 4.74. The Morgan fingerprint density at radius 2 is 0.761 bits per heavy atom. The van der Waals surface area contributed by atoms with Gasteiger partial charge in [-0.2, -0.15) is 0 Å². The molecule has 0 aromatic carbocycles. The van der Waals surface area contributed by atoms with Crippen molar-refractivity contribution in [3.63, 3.8) is 0 Å². The highest BCUT2D eigenvalue weighted by Crippen LogP contribution is 2.17. The molecule has 9 nitrogen and oxygen atoms in total. The summed E-state index contributed by atoms with van der Waals surface area (Å²) in [6, 6.07) is 0. The molecule has 0 saturated carbocycles. The number of carboxylic acid groups (broad SMARTS) is 1. The molecule has 0 aromatic heterocycles. The fourth-order valence-corrected chi connectivity index (χ4v) is 8.68. The van der Waals surface area contributed by atoms with E-state index in [9.17, 15) is 19.5 Å². The third kappa shape index (κ3) is 55.1. The fourth-order valence-electron chi connectivity index (χ4n) is 8.68. The monoisotopic (exact) mass is 1000 g/mol. The summed E-state index contributed by atoms with van der Waals surface area (Å²) in [5, 5.41) is 11.8. The lowest BCUT2D eigenvalue weighted by Gasteiger charge is -2.26. The van der Waals surface area contributed by atoms with Gasteiger partial charge in [0.05, 0.1) is 40.3 Å². The van der Waals surface area contributed by atoms with E-state index in [4.69, 9.17) is 18.9 Å². The van der Waals surface area contributed by atoms with E-state index in [1.807, 2.05) is 21.1 Å². The highest BCUT2D eigenvalue weighted by Gasteiger charge is 2.22. The van der Waals surface area contributed by atoms with E-state index in [0.717, 1.165) is 57.8 Å². The van der Waals surface area contributed by atoms with Gasteiger partial charge in [-0.1, -0.05) is 237 Å². The minimum absolute atomic E-state index is 0.148. The fraction of sp³-hybridized carbons (Fsp3) is 0.855. The first-order valence-corrected chi connectivity index (χ1v) is 30.1. The van der Waals surface area contributed by atoms with Gasteiger partial charge in [0, 0.05) is 12.8 Å². The number of likely N-dealkylation sites (N-methyl/N-ethyl adjacent to an activating group) is 1. The van der Waals surface area contributed by atoms with Crippen LogP contribution in [0.3, 0.4) is 0 Å². The number of aliphatic carboxylic acids is 1. The Hall–Kier alpha value is -2.49. The largest absolute Gasteiger partial charge is 0.545 e. The molecule has 0 saturated heterocycles. The van der Waals surface area contributed by atoms with Crippen molar-refractivity contribution in [3.05, 3.63) is 36.5 Å². The van der Waals surface area contributed by atoms with Gasteiger partial charge in [0.25, 0.3) is 0 Å². The number of ether oxygens (including phenoxy) is 4. The molecule has 0 rings (SSSR count). The van der Waals surface area contributed by atoms with Gasteiger partial charge in [-0.15, -0.1) is 0 Å². The first kappa shape index (κ1) is 68.5. The van der Waals surface area contributed by atoms with Crippen LogP contribution < -0.4 is 5.11 Å². The molecule has 0 bridgehead atoms. The van der Waals surface area contributed by atoms with Crippen LogP contribution in [0.1, 0.15) is 284 Å². The van der Waals surface area contributed by atoms with Crippen LogP contribution in [0.25, 0.3) is 0 Å². The molecule has 9 heteroatoms. The van der Waals surface area contributed by atoms with Gasteiger partial charge in [0.2, 0.25) is 0 Å². The van der Waals surface area contributed by atoms with Gasteiger partial charge in [0.15, 0.2) is 12.4 Å². The van der Waals surface area contributed by atoms with Crippen molar-refractivity contribution in [1.82, 2.24) is 0 Å². The number of rotatable bonds is 56. The Morgan fingerprint density at radius 3 is 1.14 bits per heavy atom. The molecule has 0 spiro atoms. The Labute approximate surface area is 439 Å². The van der Waals surface area contributed by atoms with Crippen LogP contribution in [-0.2, 0) is 33.3 Å². The summed E-state index contributed by atoms with van der Waals surface area (Å²) < 4.78 is 22.7. The van der Waals surface area contributed by atoms with Gasteiger partial charge in [-0.25, -0.2) is 0 Å². The molecular weight excluding hydrogens is 887 g/mol. The average molecular weight is 1000 g/mol. The standard InChI is InChI=1S/C62H115NO8/c1-6-8-10-12-14-16-18-20-21-22-23-24-25-26-27-28-29-30-31-32-33-34-35-36-37-38-39-41-43-45-47-49-51-53-60(65)71-58(57-70-62(61(66)67)68-55-54-63(3,4)5)56-69-59(64)52-50-48-46-44-42-40-19-17-15-13-11-9-7-2/h17-20,22-23,58,62H,6-16,21,24-57H2,1-5H3/b19-17-,20-18-,23-22-. The lowest BCUT2D eigenvalue weighted by Crippen LogP contribution is -2.44. The molecule has 0 aliphatic heterocycles. The predicted octanol–water partition coefficient (Wildman–Crippen LogP) is 16.3. The molecule has 0 heterocycles. The third-order valence-corrected chi connectivity index (χ3v) is 13.4. The van der Waals surface area contributed by atoms with Crippen molar-refractivity contribution in [2.24, 2.45) is 0 Å². The second kappa shape index (κ2) is 53.8. The molecular formula is C62H115NO8. The highest BCUT2D eigenvalue weighted by atomic mass is 16.7. The van der Waals surface area contributed by atoms with E-state index >= 15 is 0 Å². The van der Waals surface area contributed by atoms with Crippen molar-refractivity contribution in [2.45, 2.75) is 296 Å². The van der Waals surface area contributed by atoms with Crippen LogP contribution in [0.2, 0.25) is 0 Å². The van der Waals surface area contributed by atoms with Gasteiger partial charge in [0.1, 0.15) is 13.2 Å². The molecule has 0 N–H and O–H groups in total. The van der Waals surface area contributed by atoms with Gasteiger partial charge >= 0.3 is 11.9 Å². The van der Waals surface area contributed by atoms with Crippen LogP contribution >= 0.6 is 0 Å². The average Bonchev–Trinajstić information content (AvgIpc) is 3.34. The lowest BCUT2D eigenvalue weighted by molar-refractivity contribution is -0.870. The highest BCUT2D eigenvalue weighted by molar-refractivity contribution is 5.70. The summed E-state index contributed by atoms with van der Waals surface area (Å²) in [7, 11) is 5.92. The van der Waals surface area contributed by atoms with Crippen molar-refractivity contribution in [1.29, 1.82) is 0 Å². The molecule has 0 aliphatic carbocycles. The maximum atomic E-state index is 12.9. The van der Waals surface area contributed by atoms with E-state index in [-0.39, 0.29) is 38.6 Å². The van der Waals surface area contributed by atoms with E-state index in [1.165, 1.54) is 193 Å². The third-order valence-electron chi connectivity index (χ3n) is 13.4. The Kier molecular flexibility index (Phi) is 51.9. The predicted molar refractivity (Wildman–Crippen MR) is 297 cm³/mol. The number of unbranched alkanes of at least 4 members (excludes halogenated alkanes) is 35. The van der Waals surface area contributed by atoms with E-state index < -0.39 is 24.3 Å². The first-order valence-electron chi connectivity index (χ1n) is 30.1. The van der Waals surface area contributed by atoms with Crippen LogP contribution in [0.4, 0.5) is 0 Å². The Balaban J connectivity index is 4.04. The zero-order chi connectivity index (χ0) is 52.0. The van der Waals surface area contributed by atoms with Gasteiger partial charge < -0.3 is 33.3 Å². The van der Waals surface area contributed by atoms with Gasteiger partial charge in [-0.3, -0.25) is 9.59 Å². The number of carbonyl (C=O) groups is 3. The number of hydrogen-bond acceptors (Lipinski definition) is 8. The van der Waals surface area contributed by atoms with Crippen LogP contribution in [0.15, 0.2) is 36.5 Å². The first-order chi connectivity index (χ1) is 34.6. The zero-order valence-corrected chi connectivity index (χ0v) is 47.4. The van der Waals surface area contributed by atoms with Gasteiger partial charge in [-0.05, 0) is 70.6 Å². The minimum atomic E-state index is -1.62. The summed E-state index contributed by atoms with van der Waals surface area (Å²) >= 11 is 0. The molecule has 416 valence electrons. The number of nitrogens with zero attached hydrogens (tertiary/aromatic N) is 1. The molecule has 0 amide bonds. The number of hydrogen-bond donors (Lipinski definition) is 0. The summed E-state index contributed by atoms with van der Waals surface area (Å²) in [4.78, 5) is 37.2. The number of carbonyl (C=O) groups excluding carboxylic acids is 3. The SMILES string of the molecule is CCCCCC/C=C\CCCCCCCC(=O)OCC(COC(OCC[N+](C)(C)C)C(=O)[O-])OC(=O)CCCCCCCCCCCCCCCCCCCCCCC/C=C\C/C=C\CCCCCCC. The maximum Gasteiger partial charge on any atom is 0.306 e. The van der Waals surface area contributed by atoms with E-state index in [1.54, 1.807) is 0 Å². The van der Waals surface area contributed by atoms with Crippen LogP contribution in [-0.4, -0.2) is 82.3 Å². The second-order valence-corrected chi connectivity index (χ2v) is 21.6. The number of esters is 2. The topological polar surface area (TPSA) is 111 Å². The number of allylic oxidation sites excluding steroid dienone is 6. The Bertz CT molecular complexity index is 1260. The normalized spacial score (nSPS) is 13.0. The molecule has 2 unspecified atom stereocenters. The molecule has 71 heavy (non-hydrogen) atoms. The quantitative estimate of drug-likeness (QED) is 0.0195. The smallest absolute Gasteiger partial charge is 0.306 e. The molecule has 0 fully saturated rings. The summed E-state index contributed by atoms with van der Waals surface area (Å²) in [5.41, 5.74) is 0. The van der Waals surface area contributed by atoms with Crippen molar-refractivity contribution in [3.8, 4) is 0 Å².